The number of rotatable bonds is 3. The molecule has 3 heterocycles. The summed E-state index contributed by atoms with van der Waals surface area (Å²) in [7, 11) is 0. The highest BCUT2D eigenvalue weighted by atomic mass is 16.2. The topological polar surface area (TPSA) is 66.8 Å². The van der Waals surface area contributed by atoms with Crippen LogP contribution in [-0.2, 0) is 11.3 Å². The summed E-state index contributed by atoms with van der Waals surface area (Å²) >= 11 is 0. The number of carbonyl (C=O) groups is 1. The highest BCUT2D eigenvalue weighted by Gasteiger charge is 2.28. The van der Waals surface area contributed by atoms with Gasteiger partial charge in [-0.25, -0.2) is 0 Å². The fraction of sp³-hybridized carbons (Fsp3) is 0.462. The Hall–Kier alpha value is -2.11. The van der Waals surface area contributed by atoms with Gasteiger partial charge in [-0.15, -0.1) is 0 Å². The van der Waals surface area contributed by atoms with Crippen LogP contribution in [0.1, 0.15) is 23.6 Å². The van der Waals surface area contributed by atoms with Gasteiger partial charge >= 0.3 is 0 Å². The molecule has 3 rings (SSSR count). The van der Waals surface area contributed by atoms with Crippen LogP contribution < -0.4 is 0 Å². The molecule has 1 aliphatic rings. The van der Waals surface area contributed by atoms with Crippen LogP contribution in [0.15, 0.2) is 24.7 Å². The van der Waals surface area contributed by atoms with E-state index in [9.17, 15) is 4.79 Å². The molecule has 0 aliphatic carbocycles. The van der Waals surface area contributed by atoms with Crippen molar-refractivity contribution in [2.45, 2.75) is 25.8 Å². The summed E-state index contributed by atoms with van der Waals surface area (Å²) in [6.45, 7) is 3.87. The first-order valence-electron chi connectivity index (χ1n) is 6.48. The van der Waals surface area contributed by atoms with E-state index in [-0.39, 0.29) is 5.91 Å². The predicted octanol–water partition coefficient (Wildman–Crippen LogP) is 0.931. The maximum atomic E-state index is 12.2. The Bertz CT molecular complexity index is 559. The third-order valence-electron chi connectivity index (χ3n) is 3.56. The number of carbonyl (C=O) groups excluding carboxylic acids is 1. The van der Waals surface area contributed by atoms with Crippen molar-refractivity contribution in [2.75, 3.05) is 13.1 Å². The first kappa shape index (κ1) is 12.0. The summed E-state index contributed by atoms with van der Waals surface area (Å²) in [4.78, 5) is 14.1. The molecule has 0 radical (unpaired) electrons. The van der Waals surface area contributed by atoms with E-state index in [0.29, 0.717) is 12.5 Å². The van der Waals surface area contributed by atoms with E-state index in [4.69, 9.17) is 0 Å². The van der Waals surface area contributed by atoms with E-state index in [2.05, 4.69) is 15.3 Å². The van der Waals surface area contributed by atoms with Gasteiger partial charge in [0, 0.05) is 37.1 Å². The lowest BCUT2D eigenvalue weighted by molar-refractivity contribution is -0.131. The van der Waals surface area contributed by atoms with E-state index < -0.39 is 0 Å². The molecule has 1 aliphatic heterocycles. The van der Waals surface area contributed by atoms with E-state index >= 15 is 0 Å². The maximum absolute atomic E-state index is 12.2. The normalized spacial score (nSPS) is 19.0. The van der Waals surface area contributed by atoms with Gasteiger partial charge in [0.25, 0.3) is 0 Å². The minimum atomic E-state index is 0.130. The van der Waals surface area contributed by atoms with Crippen molar-refractivity contribution in [1.29, 1.82) is 0 Å². The van der Waals surface area contributed by atoms with Crippen molar-refractivity contribution in [3.63, 3.8) is 0 Å². The molecular formula is C13H17N5O. The zero-order valence-electron chi connectivity index (χ0n) is 10.9. The number of H-pyrrole nitrogens is 1. The Morgan fingerprint density at radius 2 is 2.47 bits per heavy atom. The Labute approximate surface area is 111 Å². The van der Waals surface area contributed by atoms with Crippen LogP contribution in [-0.4, -0.2) is 43.9 Å². The fourth-order valence-corrected chi connectivity index (χ4v) is 2.53. The van der Waals surface area contributed by atoms with Gasteiger partial charge < -0.3 is 4.90 Å². The third-order valence-corrected chi connectivity index (χ3v) is 3.56. The van der Waals surface area contributed by atoms with Gasteiger partial charge in [-0.1, -0.05) is 0 Å². The van der Waals surface area contributed by atoms with Gasteiger partial charge in [-0.2, -0.15) is 10.2 Å². The molecule has 6 heteroatoms. The van der Waals surface area contributed by atoms with Crippen molar-refractivity contribution in [3.8, 4) is 0 Å². The number of aryl methyl sites for hydroxylation is 1. The average molecular weight is 259 g/mol. The number of aromatic amines is 1. The Balaban J connectivity index is 1.60. The number of aromatic nitrogens is 4. The SMILES string of the molecule is Cc1cnn(CC(=O)N2CC[C@@H](c3ccn[nH]3)C2)c1. The lowest BCUT2D eigenvalue weighted by Gasteiger charge is -2.16. The molecule has 19 heavy (non-hydrogen) atoms. The third kappa shape index (κ3) is 2.52. The zero-order valence-corrected chi connectivity index (χ0v) is 10.9. The second-order valence-corrected chi connectivity index (χ2v) is 5.05. The Morgan fingerprint density at radius 1 is 1.58 bits per heavy atom. The molecule has 0 unspecified atom stereocenters. The van der Waals surface area contributed by atoms with E-state index in [1.165, 1.54) is 0 Å². The van der Waals surface area contributed by atoms with Gasteiger partial charge in [0.1, 0.15) is 6.54 Å². The summed E-state index contributed by atoms with van der Waals surface area (Å²) in [5, 5.41) is 11.1. The van der Waals surface area contributed by atoms with Crippen LogP contribution in [0.4, 0.5) is 0 Å². The molecule has 2 aromatic heterocycles. The highest BCUT2D eigenvalue weighted by Crippen LogP contribution is 2.25. The van der Waals surface area contributed by atoms with E-state index in [0.717, 1.165) is 30.8 Å². The van der Waals surface area contributed by atoms with Crippen molar-refractivity contribution in [1.82, 2.24) is 24.9 Å². The molecule has 1 N–H and O–H groups in total. The minimum absolute atomic E-state index is 0.130. The first-order chi connectivity index (χ1) is 9.22. The van der Waals surface area contributed by atoms with Gasteiger partial charge in [-0.05, 0) is 25.0 Å². The van der Waals surface area contributed by atoms with E-state index in [1.807, 2.05) is 24.1 Å². The van der Waals surface area contributed by atoms with Gasteiger partial charge in [0.2, 0.25) is 5.91 Å². The van der Waals surface area contributed by atoms with Crippen LogP contribution in [0.3, 0.4) is 0 Å². The fourth-order valence-electron chi connectivity index (χ4n) is 2.53. The summed E-state index contributed by atoms with van der Waals surface area (Å²) in [6.07, 6.45) is 6.41. The standard InChI is InChI=1S/C13H17N5O/c1-10-6-15-18(7-10)9-13(19)17-5-3-11(8-17)12-2-4-14-16-12/h2,4,6-7,11H,3,5,8-9H2,1H3,(H,14,16)/t11-/m1/s1. The van der Waals surface area contributed by atoms with Gasteiger partial charge in [-0.3, -0.25) is 14.6 Å². The molecule has 100 valence electrons. The summed E-state index contributed by atoms with van der Waals surface area (Å²) < 4.78 is 1.70. The summed E-state index contributed by atoms with van der Waals surface area (Å²) in [5.74, 6) is 0.510. The van der Waals surface area contributed by atoms with Crippen LogP contribution in [0.2, 0.25) is 0 Å². The van der Waals surface area contributed by atoms with Crippen LogP contribution in [0.5, 0.6) is 0 Å². The molecule has 0 aromatic carbocycles. The number of likely N-dealkylation sites (tertiary alicyclic amines) is 1. The quantitative estimate of drug-likeness (QED) is 0.891. The van der Waals surface area contributed by atoms with Gasteiger partial charge in [0.15, 0.2) is 0 Å². The Kier molecular flexibility index (Phi) is 3.06. The van der Waals surface area contributed by atoms with Crippen molar-refractivity contribution >= 4 is 5.91 Å². The molecule has 1 amide bonds. The average Bonchev–Trinajstić information content (AvgIpc) is 3.08. The van der Waals surface area contributed by atoms with Crippen molar-refractivity contribution in [2.24, 2.45) is 0 Å². The summed E-state index contributed by atoms with van der Waals surface area (Å²) in [5.41, 5.74) is 2.19. The highest BCUT2D eigenvalue weighted by molar-refractivity contribution is 5.76. The molecule has 1 saturated heterocycles. The number of nitrogens with zero attached hydrogens (tertiary/aromatic N) is 4. The lowest BCUT2D eigenvalue weighted by Crippen LogP contribution is -2.31. The zero-order chi connectivity index (χ0) is 13.2. The molecule has 0 saturated carbocycles. The smallest absolute Gasteiger partial charge is 0.244 e. The van der Waals surface area contributed by atoms with Crippen molar-refractivity contribution < 1.29 is 4.79 Å². The monoisotopic (exact) mass is 259 g/mol. The molecule has 1 atom stereocenters. The van der Waals surface area contributed by atoms with Crippen LogP contribution in [0.25, 0.3) is 0 Å². The van der Waals surface area contributed by atoms with Crippen LogP contribution in [0, 0.1) is 6.92 Å². The minimum Gasteiger partial charge on any atom is -0.340 e. The summed E-state index contributed by atoms with van der Waals surface area (Å²) in [6, 6.07) is 1.98. The number of nitrogens with one attached hydrogen (secondary N) is 1. The molecule has 6 nitrogen and oxygen atoms in total. The molecular weight excluding hydrogens is 242 g/mol. The second-order valence-electron chi connectivity index (χ2n) is 5.05. The van der Waals surface area contributed by atoms with Crippen LogP contribution >= 0.6 is 0 Å². The Morgan fingerprint density at radius 3 is 3.16 bits per heavy atom. The largest absolute Gasteiger partial charge is 0.340 e. The predicted molar refractivity (Wildman–Crippen MR) is 69.5 cm³/mol. The van der Waals surface area contributed by atoms with Gasteiger partial charge in [0.05, 0.1) is 6.20 Å². The van der Waals surface area contributed by atoms with E-state index in [1.54, 1.807) is 17.1 Å². The molecule has 2 aromatic rings. The lowest BCUT2D eigenvalue weighted by atomic mass is 10.1. The number of hydrogen-bond acceptors (Lipinski definition) is 3. The maximum Gasteiger partial charge on any atom is 0.244 e. The number of hydrogen-bond donors (Lipinski definition) is 1. The molecule has 0 bridgehead atoms. The first-order valence-corrected chi connectivity index (χ1v) is 6.48. The number of amides is 1. The molecule has 1 fully saturated rings. The molecule has 0 spiro atoms. The second kappa shape index (κ2) is 4.87. The van der Waals surface area contributed by atoms with Crippen molar-refractivity contribution in [3.05, 3.63) is 35.9 Å².